The van der Waals surface area contributed by atoms with Crippen molar-refractivity contribution in [1.29, 1.82) is 0 Å². The van der Waals surface area contributed by atoms with E-state index >= 15 is 0 Å². The second-order valence-electron chi connectivity index (χ2n) is 3.94. The summed E-state index contributed by atoms with van der Waals surface area (Å²) in [4.78, 5) is 5.83. The van der Waals surface area contributed by atoms with Crippen LogP contribution in [0.2, 0.25) is 5.32 Å². The molecule has 0 unspecified atom stereocenters. The number of hydrogen-bond donors (Lipinski definition) is 0. The van der Waals surface area contributed by atoms with Gasteiger partial charge < -0.3 is 0 Å². The predicted molar refractivity (Wildman–Crippen MR) is 87.3 cm³/mol. The van der Waals surface area contributed by atoms with Crippen LogP contribution < -0.4 is 4.46 Å². The van der Waals surface area contributed by atoms with E-state index < -0.39 is 0 Å². The normalized spacial score (nSPS) is 11.0. The number of aliphatic imine (C=N–C) groups is 1. The number of hydrogen-bond acceptors (Lipinski definition) is 2. The van der Waals surface area contributed by atoms with Crippen LogP contribution in [0, 0.1) is 0 Å². The van der Waals surface area contributed by atoms with Gasteiger partial charge in [0.05, 0.1) is 0 Å². The zero-order valence-electron chi connectivity index (χ0n) is 11.0. The van der Waals surface area contributed by atoms with E-state index in [4.69, 9.17) is 0 Å². The van der Waals surface area contributed by atoms with E-state index in [1.54, 1.807) is 11.8 Å². The molecule has 0 aliphatic heterocycles. The fraction of sp³-hybridized carbons (Fsp3) is 0.188. The zero-order valence-corrected chi connectivity index (χ0v) is 13.5. The van der Waals surface area contributed by atoms with Crippen molar-refractivity contribution in [1.82, 2.24) is 0 Å². The van der Waals surface area contributed by atoms with Crippen LogP contribution >= 0.6 is 11.8 Å². The van der Waals surface area contributed by atoms with Gasteiger partial charge in [0, 0.05) is 0 Å². The summed E-state index contributed by atoms with van der Waals surface area (Å²) in [6, 6.07) is 19.1. The van der Waals surface area contributed by atoms with Crippen molar-refractivity contribution in [3.05, 3.63) is 60.2 Å². The molecule has 2 aromatic rings. The van der Waals surface area contributed by atoms with Crippen LogP contribution in [0.4, 0.5) is 0 Å². The summed E-state index contributed by atoms with van der Waals surface area (Å²) < 4.78 is 1.45. The molecule has 0 aliphatic rings. The van der Waals surface area contributed by atoms with Crippen LogP contribution in [-0.4, -0.2) is 34.0 Å². The van der Waals surface area contributed by atoms with Crippen molar-refractivity contribution in [2.45, 2.75) is 10.2 Å². The minimum atomic E-state index is 0.539. The predicted octanol–water partition coefficient (Wildman–Crippen LogP) is 3.28. The molecule has 0 spiro atoms. The molecule has 0 aromatic heterocycles. The first-order valence-corrected chi connectivity index (χ1v) is 9.50. The molecule has 0 fully saturated rings. The van der Waals surface area contributed by atoms with Crippen molar-refractivity contribution in [2.75, 3.05) is 12.8 Å². The van der Waals surface area contributed by atoms with Gasteiger partial charge in [0.15, 0.2) is 0 Å². The van der Waals surface area contributed by atoms with Gasteiger partial charge in [-0.2, -0.15) is 0 Å². The quantitative estimate of drug-likeness (QED) is 0.342. The Morgan fingerprint density at radius 3 is 2.58 bits per heavy atom. The van der Waals surface area contributed by atoms with Crippen molar-refractivity contribution in [2.24, 2.45) is 4.99 Å². The average Bonchev–Trinajstić information content (AvgIpc) is 2.48. The molecule has 0 atom stereocenters. The molecule has 0 amide bonds. The SMILES string of the molecule is CSc1ccccc1C=NCC[Se]c1ccccc1. The van der Waals surface area contributed by atoms with E-state index in [2.05, 4.69) is 65.8 Å². The second kappa shape index (κ2) is 8.21. The first-order chi connectivity index (χ1) is 9.40. The average molecular weight is 334 g/mol. The Balaban J connectivity index is 1.81. The maximum atomic E-state index is 4.54. The van der Waals surface area contributed by atoms with Gasteiger partial charge in [0.2, 0.25) is 0 Å². The molecule has 0 heterocycles. The van der Waals surface area contributed by atoms with Gasteiger partial charge in [-0.25, -0.2) is 0 Å². The van der Waals surface area contributed by atoms with Crippen LogP contribution in [0.25, 0.3) is 0 Å². The van der Waals surface area contributed by atoms with Gasteiger partial charge in [-0.3, -0.25) is 0 Å². The Kier molecular flexibility index (Phi) is 6.22. The van der Waals surface area contributed by atoms with Gasteiger partial charge in [-0.15, -0.1) is 0 Å². The van der Waals surface area contributed by atoms with E-state index in [1.165, 1.54) is 14.9 Å². The summed E-state index contributed by atoms with van der Waals surface area (Å²) in [5, 5.41) is 1.16. The molecule has 0 saturated heterocycles. The van der Waals surface area contributed by atoms with Crippen molar-refractivity contribution in [3.8, 4) is 0 Å². The van der Waals surface area contributed by atoms with Crippen LogP contribution in [0.5, 0.6) is 0 Å². The summed E-state index contributed by atoms with van der Waals surface area (Å²) in [5.41, 5.74) is 1.22. The first-order valence-electron chi connectivity index (χ1n) is 6.21. The van der Waals surface area contributed by atoms with Gasteiger partial charge in [0.25, 0.3) is 0 Å². The van der Waals surface area contributed by atoms with Crippen LogP contribution in [0.3, 0.4) is 0 Å². The van der Waals surface area contributed by atoms with E-state index in [9.17, 15) is 0 Å². The first kappa shape index (κ1) is 14.4. The summed E-state index contributed by atoms with van der Waals surface area (Å²) in [7, 11) is 0. The number of thioether (sulfide) groups is 1. The van der Waals surface area contributed by atoms with Crippen molar-refractivity contribution in [3.63, 3.8) is 0 Å². The maximum absolute atomic E-state index is 4.54. The van der Waals surface area contributed by atoms with E-state index in [0.717, 1.165) is 11.9 Å². The number of benzene rings is 2. The molecule has 2 aromatic carbocycles. The molecule has 1 nitrogen and oxygen atoms in total. The van der Waals surface area contributed by atoms with Gasteiger partial charge >= 0.3 is 126 Å². The van der Waals surface area contributed by atoms with E-state index in [1.807, 2.05) is 6.21 Å². The molecule has 98 valence electrons. The minimum absolute atomic E-state index is 0.539. The van der Waals surface area contributed by atoms with Crippen molar-refractivity contribution >= 4 is 37.4 Å². The number of rotatable bonds is 6. The summed E-state index contributed by atoms with van der Waals surface area (Å²) in [6.45, 7) is 0.914. The van der Waals surface area contributed by atoms with Crippen molar-refractivity contribution < 1.29 is 0 Å². The summed E-state index contributed by atoms with van der Waals surface area (Å²) >= 11 is 2.31. The second-order valence-corrected chi connectivity index (χ2v) is 7.24. The Morgan fingerprint density at radius 1 is 1.05 bits per heavy atom. The van der Waals surface area contributed by atoms with Gasteiger partial charge in [-0.1, -0.05) is 0 Å². The third-order valence-corrected chi connectivity index (χ3v) is 5.49. The van der Waals surface area contributed by atoms with Crippen LogP contribution in [-0.2, 0) is 0 Å². The fourth-order valence-corrected chi connectivity index (χ4v) is 3.88. The molecule has 0 N–H and O–H groups in total. The number of nitrogens with zero attached hydrogens (tertiary/aromatic N) is 1. The Labute approximate surface area is 125 Å². The molecule has 0 bridgehead atoms. The molecule has 2 rings (SSSR count). The zero-order chi connectivity index (χ0) is 13.3. The Morgan fingerprint density at radius 2 is 1.79 bits per heavy atom. The molecular weight excluding hydrogens is 317 g/mol. The Bertz CT molecular complexity index is 525. The topological polar surface area (TPSA) is 12.4 Å². The van der Waals surface area contributed by atoms with E-state index in [-0.39, 0.29) is 0 Å². The summed E-state index contributed by atoms with van der Waals surface area (Å²) in [6.07, 6.45) is 4.11. The van der Waals surface area contributed by atoms with Gasteiger partial charge in [0.1, 0.15) is 0 Å². The molecule has 3 heteroatoms. The standard InChI is InChI=1S/C16H17NSSe/c1-18-16-10-6-5-7-14(16)13-17-11-12-19-15-8-3-2-4-9-15/h2-10,13H,11-12H2,1H3. The monoisotopic (exact) mass is 335 g/mol. The van der Waals surface area contributed by atoms with Gasteiger partial charge in [-0.05, 0) is 0 Å². The van der Waals surface area contributed by atoms with Crippen LogP contribution in [0.15, 0.2) is 64.5 Å². The molecule has 0 saturated carbocycles. The summed E-state index contributed by atoms with van der Waals surface area (Å²) in [5.74, 6) is 0. The fourth-order valence-electron chi connectivity index (χ4n) is 1.67. The third kappa shape index (κ3) is 4.87. The molecule has 0 radical (unpaired) electrons. The molecule has 0 aliphatic carbocycles. The molecular formula is C16H17NSSe. The van der Waals surface area contributed by atoms with Crippen LogP contribution in [0.1, 0.15) is 5.56 Å². The third-order valence-electron chi connectivity index (χ3n) is 2.60. The molecule has 19 heavy (non-hydrogen) atoms. The van der Waals surface area contributed by atoms with E-state index in [0.29, 0.717) is 15.0 Å². The Hall–Kier alpha value is -1.02.